The molecule has 3 rings (SSSR count). The van der Waals surface area contributed by atoms with Gasteiger partial charge >= 0.3 is 0 Å². The van der Waals surface area contributed by atoms with Gasteiger partial charge in [-0.2, -0.15) is 0 Å². The summed E-state index contributed by atoms with van der Waals surface area (Å²) in [5.41, 5.74) is 2.49. The largest absolute Gasteiger partial charge is 0.497 e. The fourth-order valence-electron chi connectivity index (χ4n) is 3.56. The van der Waals surface area contributed by atoms with Crippen LogP contribution in [0.1, 0.15) is 17.2 Å². The average Bonchev–Trinajstić information content (AvgIpc) is 2.80. The molecular weight excluding hydrogens is 527 g/mol. The van der Waals surface area contributed by atoms with Crippen molar-refractivity contribution in [3.63, 3.8) is 0 Å². The lowest BCUT2D eigenvalue weighted by atomic mass is 10.0. The number of hydrogen-bond acceptors (Lipinski definition) is 4. The first-order valence-electron chi connectivity index (χ1n) is 10.3. The molecule has 8 heteroatoms. The van der Waals surface area contributed by atoms with Crippen LogP contribution >= 0.6 is 35.6 Å². The van der Waals surface area contributed by atoms with Crippen molar-refractivity contribution in [2.24, 2.45) is 4.99 Å². The maximum absolute atomic E-state index is 6.09. The lowest BCUT2D eigenvalue weighted by Gasteiger charge is -2.35. The molecule has 1 aliphatic heterocycles. The van der Waals surface area contributed by atoms with Crippen molar-refractivity contribution < 1.29 is 9.47 Å². The quantitative estimate of drug-likeness (QED) is 0.294. The summed E-state index contributed by atoms with van der Waals surface area (Å²) in [6.07, 6.45) is 0.911. The summed E-state index contributed by atoms with van der Waals surface area (Å²) in [5, 5.41) is 7.65. The van der Waals surface area contributed by atoms with E-state index in [0.717, 1.165) is 62.5 Å². The van der Waals surface area contributed by atoms with Gasteiger partial charge in [0.05, 0.1) is 26.4 Å². The predicted octanol–water partition coefficient (Wildman–Crippen LogP) is 3.75. The fraction of sp³-hybridized carbons (Fsp3) is 0.435. The smallest absolute Gasteiger partial charge is 0.191 e. The summed E-state index contributed by atoms with van der Waals surface area (Å²) in [6, 6.07) is 16.5. The van der Waals surface area contributed by atoms with Crippen molar-refractivity contribution in [2.45, 2.75) is 12.5 Å². The van der Waals surface area contributed by atoms with Gasteiger partial charge in [0.15, 0.2) is 5.96 Å². The third-order valence-electron chi connectivity index (χ3n) is 5.29. The molecule has 0 radical (unpaired) electrons. The molecule has 0 saturated carbocycles. The molecule has 1 fully saturated rings. The maximum Gasteiger partial charge on any atom is 0.191 e. The molecule has 1 atom stereocenters. The van der Waals surface area contributed by atoms with Crippen LogP contribution in [0.15, 0.2) is 53.5 Å². The minimum atomic E-state index is 0. The molecule has 6 nitrogen and oxygen atoms in total. The highest BCUT2D eigenvalue weighted by molar-refractivity contribution is 14.0. The SMILES string of the molecule is CN=C(NCCc1ccc(OC)cc1)NCC(c1ccc(Cl)cc1)N1CCOCC1.I. The normalized spacial score (nSPS) is 15.6. The average molecular weight is 559 g/mol. The minimum absolute atomic E-state index is 0. The summed E-state index contributed by atoms with van der Waals surface area (Å²) in [6.45, 7) is 4.91. The molecular formula is C23H32ClIN4O2. The second-order valence-corrected chi connectivity index (χ2v) is 7.63. The van der Waals surface area contributed by atoms with E-state index in [1.54, 1.807) is 14.2 Å². The van der Waals surface area contributed by atoms with E-state index in [2.05, 4.69) is 44.8 Å². The summed E-state index contributed by atoms with van der Waals surface area (Å²) < 4.78 is 10.7. The van der Waals surface area contributed by atoms with Gasteiger partial charge in [0.1, 0.15) is 5.75 Å². The molecule has 0 aliphatic carbocycles. The first-order chi connectivity index (χ1) is 14.7. The summed E-state index contributed by atoms with van der Waals surface area (Å²) in [5.74, 6) is 1.68. The van der Waals surface area contributed by atoms with E-state index in [1.165, 1.54) is 11.1 Å². The van der Waals surface area contributed by atoms with Crippen LogP contribution in [-0.4, -0.2) is 64.4 Å². The van der Waals surface area contributed by atoms with Crippen LogP contribution in [-0.2, 0) is 11.2 Å². The molecule has 2 aromatic rings. The van der Waals surface area contributed by atoms with Gasteiger partial charge in [-0.3, -0.25) is 9.89 Å². The molecule has 1 heterocycles. The fourth-order valence-corrected chi connectivity index (χ4v) is 3.69. The highest BCUT2D eigenvalue weighted by Crippen LogP contribution is 2.23. The lowest BCUT2D eigenvalue weighted by Crippen LogP contribution is -2.46. The van der Waals surface area contributed by atoms with E-state index in [9.17, 15) is 0 Å². The monoisotopic (exact) mass is 558 g/mol. The third-order valence-corrected chi connectivity index (χ3v) is 5.54. The van der Waals surface area contributed by atoms with E-state index >= 15 is 0 Å². The third kappa shape index (κ3) is 8.14. The van der Waals surface area contributed by atoms with Crippen LogP contribution in [0.5, 0.6) is 5.75 Å². The van der Waals surface area contributed by atoms with Crippen molar-refractivity contribution >= 4 is 41.5 Å². The van der Waals surface area contributed by atoms with Gasteiger partial charge in [0, 0.05) is 38.2 Å². The van der Waals surface area contributed by atoms with Gasteiger partial charge in [-0.05, 0) is 41.8 Å². The molecule has 1 saturated heterocycles. The number of hydrogen-bond donors (Lipinski definition) is 2. The Bertz CT molecular complexity index is 796. The van der Waals surface area contributed by atoms with Gasteiger partial charge in [0.25, 0.3) is 0 Å². The topological polar surface area (TPSA) is 58.1 Å². The Hall–Kier alpha value is -1.55. The molecule has 1 unspecified atom stereocenters. The molecule has 2 aromatic carbocycles. The molecule has 0 bridgehead atoms. The number of nitrogens with zero attached hydrogens (tertiary/aromatic N) is 2. The lowest BCUT2D eigenvalue weighted by molar-refractivity contribution is 0.0170. The van der Waals surface area contributed by atoms with Gasteiger partial charge < -0.3 is 20.1 Å². The zero-order valence-corrected chi connectivity index (χ0v) is 21.2. The maximum atomic E-state index is 6.09. The van der Waals surface area contributed by atoms with Crippen LogP contribution in [0.4, 0.5) is 0 Å². The van der Waals surface area contributed by atoms with Gasteiger partial charge in [0.2, 0.25) is 0 Å². The molecule has 2 N–H and O–H groups in total. The van der Waals surface area contributed by atoms with E-state index in [0.29, 0.717) is 0 Å². The number of rotatable bonds is 8. The number of benzene rings is 2. The Morgan fingerprint density at radius 2 is 1.77 bits per heavy atom. The van der Waals surface area contributed by atoms with Gasteiger partial charge in [-0.15, -0.1) is 24.0 Å². The zero-order chi connectivity index (χ0) is 21.2. The highest BCUT2D eigenvalue weighted by Gasteiger charge is 2.22. The number of guanidine groups is 1. The second kappa shape index (κ2) is 13.8. The molecule has 0 amide bonds. The first kappa shape index (κ1) is 25.7. The van der Waals surface area contributed by atoms with E-state index in [1.807, 2.05) is 24.3 Å². The summed E-state index contributed by atoms with van der Waals surface area (Å²) in [7, 11) is 3.48. The Balaban J connectivity index is 0.00000341. The number of ether oxygens (including phenoxy) is 2. The Kier molecular flexibility index (Phi) is 11.4. The van der Waals surface area contributed by atoms with Crippen LogP contribution in [0.2, 0.25) is 5.02 Å². The van der Waals surface area contributed by atoms with Crippen LogP contribution < -0.4 is 15.4 Å². The van der Waals surface area contributed by atoms with Crippen molar-refractivity contribution in [3.05, 3.63) is 64.7 Å². The number of halogens is 2. The second-order valence-electron chi connectivity index (χ2n) is 7.19. The highest BCUT2D eigenvalue weighted by atomic mass is 127. The number of morpholine rings is 1. The van der Waals surface area contributed by atoms with Gasteiger partial charge in [-0.1, -0.05) is 35.9 Å². The predicted molar refractivity (Wildman–Crippen MR) is 138 cm³/mol. The van der Waals surface area contributed by atoms with Gasteiger partial charge in [-0.25, -0.2) is 0 Å². The van der Waals surface area contributed by atoms with E-state index in [-0.39, 0.29) is 30.0 Å². The van der Waals surface area contributed by atoms with Crippen molar-refractivity contribution in [1.82, 2.24) is 15.5 Å². The van der Waals surface area contributed by atoms with Crippen LogP contribution in [0.25, 0.3) is 0 Å². The number of methoxy groups -OCH3 is 1. The zero-order valence-electron chi connectivity index (χ0n) is 18.1. The Morgan fingerprint density at radius 1 is 1.10 bits per heavy atom. The van der Waals surface area contributed by atoms with Crippen LogP contribution in [0, 0.1) is 0 Å². The van der Waals surface area contributed by atoms with Crippen LogP contribution in [0.3, 0.4) is 0 Å². The molecule has 31 heavy (non-hydrogen) atoms. The molecule has 170 valence electrons. The standard InChI is InChI=1S/C23H31ClN4O2.HI/c1-25-23(26-12-11-18-3-9-21(29-2)10-4-18)27-17-22(28-13-15-30-16-14-28)19-5-7-20(24)8-6-19;/h3-10,22H,11-17H2,1-2H3,(H2,25,26,27);1H. The number of nitrogens with one attached hydrogen (secondary N) is 2. The summed E-state index contributed by atoms with van der Waals surface area (Å²) in [4.78, 5) is 6.83. The number of aliphatic imine (C=N–C) groups is 1. The van der Waals surface area contributed by atoms with E-state index < -0.39 is 0 Å². The first-order valence-corrected chi connectivity index (χ1v) is 10.7. The minimum Gasteiger partial charge on any atom is -0.497 e. The van der Waals surface area contributed by atoms with Crippen molar-refractivity contribution in [1.29, 1.82) is 0 Å². The molecule has 0 aromatic heterocycles. The summed E-state index contributed by atoms with van der Waals surface area (Å²) >= 11 is 6.09. The Morgan fingerprint density at radius 3 is 2.39 bits per heavy atom. The van der Waals surface area contributed by atoms with E-state index in [4.69, 9.17) is 21.1 Å². The van der Waals surface area contributed by atoms with Crippen molar-refractivity contribution in [3.8, 4) is 5.75 Å². The molecule has 1 aliphatic rings. The van der Waals surface area contributed by atoms with Crippen molar-refractivity contribution in [2.75, 3.05) is 53.6 Å². The Labute approximate surface area is 207 Å². The molecule has 0 spiro atoms.